The number of benzene rings is 2. The molecule has 3 aromatic rings. The Morgan fingerprint density at radius 1 is 0.946 bits per heavy atom. The molecule has 0 aliphatic carbocycles. The monoisotopic (exact) mass is 530 g/mol. The van der Waals surface area contributed by atoms with Gasteiger partial charge in [-0.25, -0.2) is 8.42 Å². The maximum Gasteiger partial charge on any atom is 0.262 e. The van der Waals surface area contributed by atoms with Crippen LogP contribution in [0.1, 0.15) is 25.0 Å². The van der Waals surface area contributed by atoms with Crippen molar-refractivity contribution in [3.05, 3.63) is 71.9 Å². The lowest BCUT2D eigenvalue weighted by Gasteiger charge is -2.29. The van der Waals surface area contributed by atoms with Crippen molar-refractivity contribution >= 4 is 15.9 Å². The molecule has 3 rings (SSSR count). The molecule has 10 nitrogen and oxygen atoms in total. The molecule has 2 aromatic carbocycles. The van der Waals surface area contributed by atoms with Crippen LogP contribution in [0.3, 0.4) is 0 Å². The van der Waals surface area contributed by atoms with E-state index in [-0.39, 0.29) is 37.2 Å². The van der Waals surface area contributed by atoms with Crippen LogP contribution in [-0.2, 0) is 33.4 Å². The molecule has 0 aliphatic heterocycles. The Bertz CT molecular complexity index is 1240. The fourth-order valence-corrected chi connectivity index (χ4v) is 5.13. The van der Waals surface area contributed by atoms with Crippen LogP contribution in [0.2, 0.25) is 0 Å². The Morgan fingerprint density at radius 2 is 1.43 bits per heavy atom. The number of carbonyl (C=O) groups excluding carboxylic acids is 1. The molecule has 1 aromatic heterocycles. The molecule has 0 saturated carbocycles. The number of aromatic nitrogens is 2. The third kappa shape index (κ3) is 6.48. The van der Waals surface area contributed by atoms with E-state index in [0.717, 1.165) is 11.1 Å². The van der Waals surface area contributed by atoms with Gasteiger partial charge in [0.05, 0.1) is 20.8 Å². The summed E-state index contributed by atoms with van der Waals surface area (Å²) in [5, 5.41) is 13.3. The van der Waals surface area contributed by atoms with Crippen molar-refractivity contribution in [2.24, 2.45) is 0 Å². The highest BCUT2D eigenvalue weighted by Gasteiger charge is 2.35. The van der Waals surface area contributed by atoms with Crippen LogP contribution in [0.5, 0.6) is 11.5 Å². The zero-order valence-corrected chi connectivity index (χ0v) is 22.6. The minimum atomic E-state index is -4.05. The maximum atomic E-state index is 13.8. The molecule has 0 atom stereocenters. The predicted octanol–water partition coefficient (Wildman–Crippen LogP) is 2.48. The van der Waals surface area contributed by atoms with Crippen molar-refractivity contribution in [3.63, 3.8) is 0 Å². The SMILES string of the molecule is COc1ccc(CN(Cc2ccc(OC)cc2)S(=O)(=O)c2ccn(C(C)(C)C(=O)N(C)CCO)n2)cc1. The van der Waals surface area contributed by atoms with Gasteiger partial charge in [-0.1, -0.05) is 24.3 Å². The first-order valence-electron chi connectivity index (χ1n) is 11.7. The number of hydrogen-bond acceptors (Lipinski definition) is 7. The van der Waals surface area contributed by atoms with E-state index in [1.165, 1.54) is 26.2 Å². The molecule has 0 unspecified atom stereocenters. The van der Waals surface area contributed by atoms with Gasteiger partial charge < -0.3 is 19.5 Å². The van der Waals surface area contributed by atoms with Gasteiger partial charge in [0.2, 0.25) is 5.91 Å². The molecule has 200 valence electrons. The zero-order chi connectivity index (χ0) is 27.2. The van der Waals surface area contributed by atoms with Crippen LogP contribution in [0.25, 0.3) is 0 Å². The Labute approximate surface area is 218 Å². The van der Waals surface area contributed by atoms with Crippen LogP contribution < -0.4 is 9.47 Å². The van der Waals surface area contributed by atoms with E-state index < -0.39 is 15.6 Å². The molecule has 0 spiro atoms. The summed E-state index contributed by atoms with van der Waals surface area (Å²) in [5.74, 6) is 1.04. The molecular weight excluding hydrogens is 496 g/mol. The highest BCUT2D eigenvalue weighted by Crippen LogP contribution is 2.25. The van der Waals surface area contributed by atoms with Gasteiger partial charge >= 0.3 is 0 Å². The number of hydrogen-bond donors (Lipinski definition) is 1. The van der Waals surface area contributed by atoms with Gasteiger partial charge in [-0.15, -0.1) is 0 Å². The fraction of sp³-hybridized carbons (Fsp3) is 0.385. The predicted molar refractivity (Wildman–Crippen MR) is 139 cm³/mol. The third-order valence-electron chi connectivity index (χ3n) is 6.08. The van der Waals surface area contributed by atoms with E-state index in [1.54, 1.807) is 59.4 Å². The van der Waals surface area contributed by atoms with Gasteiger partial charge in [0, 0.05) is 32.9 Å². The second-order valence-electron chi connectivity index (χ2n) is 9.08. The van der Waals surface area contributed by atoms with Crippen molar-refractivity contribution in [3.8, 4) is 11.5 Å². The second kappa shape index (κ2) is 11.8. The van der Waals surface area contributed by atoms with Crippen molar-refractivity contribution < 1.29 is 27.8 Å². The Balaban J connectivity index is 1.95. The largest absolute Gasteiger partial charge is 0.497 e. The Hall–Kier alpha value is -3.41. The van der Waals surface area contributed by atoms with Crippen LogP contribution in [0, 0.1) is 0 Å². The number of amides is 1. The lowest BCUT2D eigenvalue weighted by atomic mass is 10.0. The average Bonchev–Trinajstić information content (AvgIpc) is 3.41. The molecule has 0 radical (unpaired) electrons. The van der Waals surface area contributed by atoms with E-state index in [9.17, 15) is 18.3 Å². The lowest BCUT2D eigenvalue weighted by Crippen LogP contribution is -2.46. The van der Waals surface area contributed by atoms with Crippen molar-refractivity contribution in [2.75, 3.05) is 34.4 Å². The number of aliphatic hydroxyl groups excluding tert-OH is 1. The van der Waals surface area contributed by atoms with Crippen molar-refractivity contribution in [2.45, 2.75) is 37.5 Å². The number of rotatable bonds is 12. The topological polar surface area (TPSA) is 114 Å². The number of nitrogens with zero attached hydrogens (tertiary/aromatic N) is 4. The second-order valence-corrected chi connectivity index (χ2v) is 11.0. The Kier molecular flexibility index (Phi) is 8.95. The van der Waals surface area contributed by atoms with Crippen LogP contribution >= 0.6 is 0 Å². The van der Waals surface area contributed by atoms with Crippen LogP contribution in [0.4, 0.5) is 0 Å². The van der Waals surface area contributed by atoms with Crippen LogP contribution in [-0.4, -0.2) is 72.8 Å². The van der Waals surface area contributed by atoms with E-state index in [2.05, 4.69) is 5.10 Å². The lowest BCUT2D eigenvalue weighted by molar-refractivity contribution is -0.138. The standard InChI is InChI=1S/C26H34N4O6S/c1-26(2,25(32)28(3)16-17-31)30-15-14-24(27-30)37(33,34)29(18-20-6-10-22(35-4)11-7-20)19-21-8-12-23(36-5)13-9-21/h6-15,31H,16-19H2,1-5H3. The minimum absolute atomic E-state index is 0.104. The number of methoxy groups -OCH3 is 2. The molecule has 11 heteroatoms. The first kappa shape index (κ1) is 28.2. The van der Waals surface area contributed by atoms with Gasteiger partial charge in [0.25, 0.3) is 10.0 Å². The summed E-state index contributed by atoms with van der Waals surface area (Å²) < 4.78 is 40.7. The third-order valence-corrected chi connectivity index (χ3v) is 7.77. The van der Waals surface area contributed by atoms with Gasteiger partial charge in [0.1, 0.15) is 17.0 Å². The van der Waals surface area contributed by atoms with E-state index in [0.29, 0.717) is 11.5 Å². The smallest absolute Gasteiger partial charge is 0.262 e. The molecule has 1 heterocycles. The normalized spacial score (nSPS) is 12.0. The van der Waals surface area contributed by atoms with Gasteiger partial charge in [0.15, 0.2) is 5.03 Å². The van der Waals surface area contributed by atoms with E-state index in [4.69, 9.17) is 9.47 Å². The highest BCUT2D eigenvalue weighted by molar-refractivity contribution is 7.89. The summed E-state index contributed by atoms with van der Waals surface area (Å²) in [6, 6.07) is 15.8. The van der Waals surface area contributed by atoms with Crippen LogP contribution in [0.15, 0.2) is 65.8 Å². The molecule has 0 aliphatic rings. The number of ether oxygens (including phenoxy) is 2. The van der Waals surface area contributed by atoms with E-state index >= 15 is 0 Å². The number of aliphatic hydroxyl groups is 1. The number of sulfonamides is 1. The minimum Gasteiger partial charge on any atom is -0.497 e. The Morgan fingerprint density at radius 3 is 1.86 bits per heavy atom. The molecule has 37 heavy (non-hydrogen) atoms. The first-order chi connectivity index (χ1) is 17.5. The fourth-order valence-electron chi connectivity index (χ4n) is 3.80. The molecule has 1 N–H and O–H groups in total. The van der Waals surface area contributed by atoms with Crippen molar-refractivity contribution in [1.82, 2.24) is 19.0 Å². The summed E-state index contributed by atoms with van der Waals surface area (Å²) in [6.07, 6.45) is 1.48. The number of likely N-dealkylation sites (N-methyl/N-ethyl adjacent to an activating group) is 1. The van der Waals surface area contributed by atoms with E-state index in [1.807, 2.05) is 24.3 Å². The quantitative estimate of drug-likeness (QED) is 0.383. The zero-order valence-electron chi connectivity index (χ0n) is 21.8. The van der Waals surface area contributed by atoms with Gasteiger partial charge in [-0.3, -0.25) is 9.48 Å². The molecule has 0 bridgehead atoms. The summed E-state index contributed by atoms with van der Waals surface area (Å²) >= 11 is 0. The first-order valence-corrected chi connectivity index (χ1v) is 13.2. The summed E-state index contributed by atoms with van der Waals surface area (Å²) in [5.41, 5.74) is 0.394. The van der Waals surface area contributed by atoms with Gasteiger partial charge in [-0.05, 0) is 55.3 Å². The van der Waals surface area contributed by atoms with Gasteiger partial charge in [-0.2, -0.15) is 9.40 Å². The molecular formula is C26H34N4O6S. The summed E-state index contributed by atoms with van der Waals surface area (Å²) in [6.45, 7) is 3.49. The maximum absolute atomic E-state index is 13.8. The summed E-state index contributed by atoms with van der Waals surface area (Å²) in [4.78, 5) is 14.3. The number of carbonyl (C=O) groups is 1. The molecule has 0 saturated heterocycles. The highest BCUT2D eigenvalue weighted by atomic mass is 32.2. The summed E-state index contributed by atoms with van der Waals surface area (Å²) in [7, 11) is 0.664. The molecule has 0 fully saturated rings. The van der Waals surface area contributed by atoms with Crippen molar-refractivity contribution in [1.29, 1.82) is 0 Å². The average molecular weight is 531 g/mol. The molecule has 1 amide bonds.